The number of aliphatic hydroxyl groups is 1. The summed E-state index contributed by atoms with van der Waals surface area (Å²) in [6.07, 6.45) is 9.79. The van der Waals surface area contributed by atoms with E-state index in [1.807, 2.05) is 0 Å². The second-order valence-corrected chi connectivity index (χ2v) is 9.33. The third-order valence-electron chi connectivity index (χ3n) is 7.37. The zero-order valence-electron chi connectivity index (χ0n) is 16.1. The lowest BCUT2D eigenvalue weighted by Gasteiger charge is -2.57. The second kappa shape index (κ2) is 6.78. The summed E-state index contributed by atoms with van der Waals surface area (Å²) in [6.45, 7) is 4.60. The Kier molecular flexibility index (Phi) is 4.39. The number of piperazine rings is 1. The summed E-state index contributed by atoms with van der Waals surface area (Å²) in [5, 5.41) is 12.9. The Balaban J connectivity index is 1.32. The lowest BCUT2D eigenvalue weighted by atomic mass is 9.53. The van der Waals surface area contributed by atoms with Gasteiger partial charge in [-0.3, -0.25) is 4.90 Å². The number of hydrogen-bond acceptors (Lipinski definition) is 7. The van der Waals surface area contributed by atoms with Crippen molar-refractivity contribution in [1.29, 1.82) is 0 Å². The van der Waals surface area contributed by atoms with Crippen LogP contribution < -0.4 is 16.0 Å². The SMILES string of the molecule is Nc1c(NC23CC4CC(CC(C4)C2)C3)ncnc1N1CCN(CCO)CC1. The first kappa shape index (κ1) is 17.5. The van der Waals surface area contributed by atoms with Crippen LogP contribution in [0.3, 0.4) is 0 Å². The van der Waals surface area contributed by atoms with Crippen molar-refractivity contribution in [2.24, 2.45) is 17.8 Å². The molecule has 1 aliphatic heterocycles. The van der Waals surface area contributed by atoms with Gasteiger partial charge in [0.15, 0.2) is 11.6 Å². The molecule has 6 rings (SSSR count). The highest BCUT2D eigenvalue weighted by atomic mass is 16.3. The lowest BCUT2D eigenvalue weighted by molar-refractivity contribution is 0.0106. The van der Waals surface area contributed by atoms with Crippen LogP contribution in [0.4, 0.5) is 17.3 Å². The molecule has 0 atom stereocenters. The summed E-state index contributed by atoms with van der Waals surface area (Å²) < 4.78 is 0. The molecule has 1 saturated heterocycles. The van der Waals surface area contributed by atoms with Gasteiger partial charge in [0.1, 0.15) is 12.0 Å². The van der Waals surface area contributed by atoms with Gasteiger partial charge in [0.2, 0.25) is 0 Å². The summed E-state index contributed by atoms with van der Waals surface area (Å²) in [4.78, 5) is 13.6. The summed E-state index contributed by atoms with van der Waals surface area (Å²) in [7, 11) is 0. The maximum Gasteiger partial charge on any atom is 0.157 e. The number of anilines is 3. The number of aliphatic hydroxyl groups excluding tert-OH is 1. The van der Waals surface area contributed by atoms with E-state index in [0.29, 0.717) is 5.69 Å². The fraction of sp³-hybridized carbons (Fsp3) is 0.800. The first-order valence-corrected chi connectivity index (χ1v) is 10.6. The molecule has 7 nitrogen and oxygen atoms in total. The summed E-state index contributed by atoms with van der Waals surface area (Å²) in [5.41, 5.74) is 7.45. The molecule has 4 bridgehead atoms. The highest BCUT2D eigenvalue weighted by molar-refractivity contribution is 5.75. The van der Waals surface area contributed by atoms with Gasteiger partial charge in [0, 0.05) is 38.3 Å². The van der Waals surface area contributed by atoms with Crippen molar-refractivity contribution in [2.75, 3.05) is 55.3 Å². The minimum atomic E-state index is 0.203. The highest BCUT2D eigenvalue weighted by Crippen LogP contribution is 2.56. The maximum atomic E-state index is 9.13. The van der Waals surface area contributed by atoms with Gasteiger partial charge in [-0.1, -0.05) is 0 Å². The molecule has 0 aromatic carbocycles. The fourth-order valence-electron chi connectivity index (χ4n) is 6.58. The number of β-amino-alcohol motifs (C(OH)–C–C–N with tert-alkyl or cyclic N) is 1. The van der Waals surface area contributed by atoms with E-state index in [2.05, 4.69) is 25.1 Å². The van der Waals surface area contributed by atoms with Crippen LogP contribution >= 0.6 is 0 Å². The topological polar surface area (TPSA) is 90.5 Å². The van der Waals surface area contributed by atoms with Crippen molar-refractivity contribution in [2.45, 2.75) is 44.1 Å². The molecule has 4 N–H and O–H groups in total. The summed E-state index contributed by atoms with van der Waals surface area (Å²) >= 11 is 0. The van der Waals surface area contributed by atoms with Gasteiger partial charge in [0.25, 0.3) is 0 Å². The van der Waals surface area contributed by atoms with E-state index in [0.717, 1.165) is 62.1 Å². The van der Waals surface area contributed by atoms with Crippen LogP contribution in [0, 0.1) is 17.8 Å². The molecule has 4 aliphatic carbocycles. The molecule has 27 heavy (non-hydrogen) atoms. The molecule has 2 heterocycles. The molecule has 0 unspecified atom stereocenters. The third kappa shape index (κ3) is 3.25. The molecular formula is C20H32N6O. The quantitative estimate of drug-likeness (QED) is 0.722. The largest absolute Gasteiger partial charge is 0.395 e. The number of hydrogen-bond donors (Lipinski definition) is 3. The Morgan fingerprint density at radius 3 is 2.26 bits per heavy atom. The average Bonchev–Trinajstić information content (AvgIpc) is 2.63. The molecule has 1 aromatic rings. The Hall–Kier alpha value is -1.60. The van der Waals surface area contributed by atoms with Gasteiger partial charge in [-0.05, 0) is 56.3 Å². The Bertz CT molecular complexity index is 652. The van der Waals surface area contributed by atoms with E-state index in [-0.39, 0.29) is 12.1 Å². The van der Waals surface area contributed by atoms with Gasteiger partial charge >= 0.3 is 0 Å². The van der Waals surface area contributed by atoms with Gasteiger partial charge in [-0.15, -0.1) is 0 Å². The van der Waals surface area contributed by atoms with Gasteiger partial charge in [-0.25, -0.2) is 9.97 Å². The first-order valence-electron chi connectivity index (χ1n) is 10.6. The van der Waals surface area contributed by atoms with Crippen molar-refractivity contribution in [3.8, 4) is 0 Å². The molecule has 7 heteroatoms. The first-order chi connectivity index (χ1) is 13.1. The monoisotopic (exact) mass is 372 g/mol. The van der Waals surface area contributed by atoms with E-state index < -0.39 is 0 Å². The van der Waals surface area contributed by atoms with E-state index >= 15 is 0 Å². The minimum Gasteiger partial charge on any atom is -0.395 e. The molecule has 0 amide bonds. The second-order valence-electron chi connectivity index (χ2n) is 9.33. The lowest BCUT2D eigenvalue weighted by Crippen LogP contribution is -2.55. The van der Waals surface area contributed by atoms with E-state index in [9.17, 15) is 0 Å². The smallest absolute Gasteiger partial charge is 0.157 e. The molecule has 0 radical (unpaired) electrons. The number of nitrogens with two attached hydrogens (primary N) is 1. The van der Waals surface area contributed by atoms with Crippen LogP contribution in [0.2, 0.25) is 0 Å². The van der Waals surface area contributed by atoms with Crippen LogP contribution in [0.1, 0.15) is 38.5 Å². The van der Waals surface area contributed by atoms with Crippen LogP contribution in [0.25, 0.3) is 0 Å². The van der Waals surface area contributed by atoms with Crippen molar-refractivity contribution < 1.29 is 5.11 Å². The minimum absolute atomic E-state index is 0.203. The summed E-state index contributed by atoms with van der Waals surface area (Å²) in [6, 6.07) is 0. The van der Waals surface area contributed by atoms with Gasteiger partial charge in [-0.2, -0.15) is 0 Å². The van der Waals surface area contributed by atoms with Crippen LogP contribution in [0.15, 0.2) is 6.33 Å². The standard InChI is InChI=1S/C20H32N6O/c21-17-18(24-20-10-14-7-15(11-20)9-16(8-14)12-20)22-13-23-19(17)26-3-1-25(2-4-26)5-6-27/h13-16,27H,1-12,21H2,(H,22,23,24). The predicted molar refractivity (Wildman–Crippen MR) is 107 cm³/mol. The third-order valence-corrected chi connectivity index (χ3v) is 7.37. The molecule has 0 spiro atoms. The van der Waals surface area contributed by atoms with Crippen LogP contribution in [0.5, 0.6) is 0 Å². The highest BCUT2D eigenvalue weighted by Gasteiger charge is 2.51. The maximum absolute atomic E-state index is 9.13. The molecule has 5 fully saturated rings. The number of aromatic nitrogens is 2. The Morgan fingerprint density at radius 2 is 1.67 bits per heavy atom. The zero-order chi connectivity index (χ0) is 18.4. The van der Waals surface area contributed by atoms with Crippen molar-refractivity contribution in [1.82, 2.24) is 14.9 Å². The average molecular weight is 373 g/mol. The van der Waals surface area contributed by atoms with Crippen LogP contribution in [-0.2, 0) is 0 Å². The fourth-order valence-corrected chi connectivity index (χ4v) is 6.58. The van der Waals surface area contributed by atoms with Crippen molar-refractivity contribution in [3.05, 3.63) is 6.33 Å². The van der Waals surface area contributed by atoms with E-state index in [1.165, 1.54) is 38.5 Å². The molecule has 4 saturated carbocycles. The van der Waals surface area contributed by atoms with Gasteiger partial charge < -0.3 is 21.1 Å². The summed E-state index contributed by atoms with van der Waals surface area (Å²) in [5.74, 6) is 4.38. The normalized spacial score (nSPS) is 35.6. The van der Waals surface area contributed by atoms with Crippen LogP contribution in [-0.4, -0.2) is 64.8 Å². The number of nitrogens with one attached hydrogen (secondary N) is 1. The molecular weight excluding hydrogens is 340 g/mol. The van der Waals surface area contributed by atoms with Gasteiger partial charge in [0.05, 0.1) is 6.61 Å². The molecule has 1 aromatic heterocycles. The van der Waals surface area contributed by atoms with E-state index in [4.69, 9.17) is 10.8 Å². The molecule has 148 valence electrons. The number of nitrogen functional groups attached to an aromatic ring is 1. The zero-order valence-corrected chi connectivity index (χ0v) is 16.1. The Labute approximate surface area is 161 Å². The number of nitrogens with zero attached hydrogens (tertiary/aromatic N) is 4. The van der Waals surface area contributed by atoms with E-state index in [1.54, 1.807) is 6.33 Å². The number of rotatable bonds is 5. The van der Waals surface area contributed by atoms with Crippen molar-refractivity contribution in [3.63, 3.8) is 0 Å². The van der Waals surface area contributed by atoms with Crippen molar-refractivity contribution >= 4 is 17.3 Å². The molecule has 5 aliphatic rings. The Morgan fingerprint density at radius 1 is 1.04 bits per heavy atom. The predicted octanol–water partition coefficient (Wildman–Crippen LogP) is 1.55.